The Morgan fingerprint density at radius 3 is 2.36 bits per heavy atom. The van der Waals surface area contributed by atoms with E-state index in [0.717, 1.165) is 11.8 Å². The Morgan fingerprint density at radius 2 is 2.00 bits per heavy atom. The topological polar surface area (TPSA) is 26.3 Å². The molecule has 0 aliphatic carbocycles. The first-order valence-corrected chi connectivity index (χ1v) is 4.84. The summed E-state index contributed by atoms with van der Waals surface area (Å²) in [4.78, 5) is 11.1. The Labute approximate surface area is 76.4 Å². The summed E-state index contributed by atoms with van der Waals surface area (Å²) >= 11 is 3.26. The number of carbonyl (C=O) groups excluding carboxylic acids is 1. The molecule has 0 heterocycles. The van der Waals surface area contributed by atoms with Crippen molar-refractivity contribution in [3.05, 3.63) is 0 Å². The van der Waals surface area contributed by atoms with Crippen molar-refractivity contribution in [2.45, 2.75) is 27.2 Å². The van der Waals surface area contributed by atoms with Crippen molar-refractivity contribution in [1.82, 2.24) is 0 Å². The van der Waals surface area contributed by atoms with E-state index in [2.05, 4.69) is 15.9 Å². The lowest BCUT2D eigenvalue weighted by Crippen LogP contribution is -2.23. The number of carbonyl (C=O) groups is 1. The minimum absolute atomic E-state index is 0.126. The van der Waals surface area contributed by atoms with Gasteiger partial charge in [-0.25, -0.2) is 0 Å². The molecule has 0 saturated heterocycles. The van der Waals surface area contributed by atoms with Crippen LogP contribution in [0.5, 0.6) is 0 Å². The van der Waals surface area contributed by atoms with Crippen LogP contribution in [0.3, 0.4) is 0 Å². The molecule has 0 unspecified atom stereocenters. The van der Waals surface area contributed by atoms with Gasteiger partial charge in [-0.3, -0.25) is 4.79 Å². The molecular formula is C8H15BrO2. The van der Waals surface area contributed by atoms with Gasteiger partial charge in [-0.2, -0.15) is 0 Å². The largest absolute Gasteiger partial charge is 0.465 e. The van der Waals surface area contributed by atoms with E-state index in [-0.39, 0.29) is 11.4 Å². The standard InChI is InChI=1S/C8H15BrO2/c1-8(2,3)7(10)11-6-4-5-9/h4-6H2,1-3H3. The normalized spacial score (nSPS) is 11.3. The quantitative estimate of drug-likeness (QED) is 0.417. The minimum Gasteiger partial charge on any atom is -0.465 e. The van der Waals surface area contributed by atoms with Gasteiger partial charge in [0.2, 0.25) is 0 Å². The van der Waals surface area contributed by atoms with E-state index in [0.29, 0.717) is 6.61 Å². The van der Waals surface area contributed by atoms with Crippen LogP contribution in [-0.4, -0.2) is 17.9 Å². The lowest BCUT2D eigenvalue weighted by atomic mass is 9.97. The van der Waals surface area contributed by atoms with Crippen molar-refractivity contribution in [3.8, 4) is 0 Å². The van der Waals surface area contributed by atoms with Crippen LogP contribution in [0.25, 0.3) is 0 Å². The molecule has 0 aromatic rings. The van der Waals surface area contributed by atoms with Crippen LogP contribution in [0.2, 0.25) is 0 Å². The first kappa shape index (κ1) is 11.0. The zero-order valence-corrected chi connectivity index (χ0v) is 8.90. The average molecular weight is 223 g/mol. The van der Waals surface area contributed by atoms with Gasteiger partial charge >= 0.3 is 5.97 Å². The van der Waals surface area contributed by atoms with Crippen molar-refractivity contribution in [1.29, 1.82) is 0 Å². The fourth-order valence-corrected chi connectivity index (χ4v) is 0.665. The molecule has 0 radical (unpaired) electrons. The number of hydrogen-bond acceptors (Lipinski definition) is 2. The van der Waals surface area contributed by atoms with Crippen molar-refractivity contribution in [2.24, 2.45) is 5.41 Å². The maximum atomic E-state index is 11.1. The van der Waals surface area contributed by atoms with Crippen molar-refractivity contribution >= 4 is 21.9 Å². The molecular weight excluding hydrogens is 208 g/mol. The maximum absolute atomic E-state index is 11.1. The second-order valence-corrected chi connectivity index (χ2v) is 4.22. The summed E-state index contributed by atoms with van der Waals surface area (Å²) in [5.41, 5.74) is -0.369. The zero-order chi connectivity index (χ0) is 8.91. The zero-order valence-electron chi connectivity index (χ0n) is 7.32. The molecule has 0 amide bonds. The van der Waals surface area contributed by atoms with E-state index < -0.39 is 0 Å². The number of alkyl halides is 1. The molecule has 0 aromatic carbocycles. The molecule has 0 N–H and O–H groups in total. The van der Waals surface area contributed by atoms with Gasteiger partial charge in [-0.05, 0) is 27.2 Å². The summed E-state index contributed by atoms with van der Waals surface area (Å²) in [5.74, 6) is -0.126. The number of halogens is 1. The summed E-state index contributed by atoms with van der Waals surface area (Å²) in [6.07, 6.45) is 0.877. The first-order valence-electron chi connectivity index (χ1n) is 3.71. The van der Waals surface area contributed by atoms with E-state index in [1.54, 1.807) is 0 Å². The van der Waals surface area contributed by atoms with Gasteiger partial charge in [0.15, 0.2) is 0 Å². The van der Waals surface area contributed by atoms with Gasteiger partial charge in [0.05, 0.1) is 12.0 Å². The van der Waals surface area contributed by atoms with E-state index in [1.165, 1.54) is 0 Å². The Morgan fingerprint density at radius 1 is 1.45 bits per heavy atom. The van der Waals surface area contributed by atoms with Crippen LogP contribution in [0, 0.1) is 5.41 Å². The highest BCUT2D eigenvalue weighted by molar-refractivity contribution is 9.09. The fraction of sp³-hybridized carbons (Fsp3) is 0.875. The van der Waals surface area contributed by atoms with Crippen molar-refractivity contribution in [3.63, 3.8) is 0 Å². The van der Waals surface area contributed by atoms with E-state index in [9.17, 15) is 4.79 Å². The van der Waals surface area contributed by atoms with Gasteiger partial charge in [-0.1, -0.05) is 15.9 Å². The van der Waals surface area contributed by atoms with Crippen molar-refractivity contribution in [2.75, 3.05) is 11.9 Å². The number of esters is 1. The van der Waals surface area contributed by atoms with Gasteiger partial charge in [0.25, 0.3) is 0 Å². The lowest BCUT2D eigenvalue weighted by molar-refractivity contribution is -0.152. The molecule has 0 aromatic heterocycles. The smallest absolute Gasteiger partial charge is 0.311 e. The number of rotatable bonds is 3. The maximum Gasteiger partial charge on any atom is 0.311 e. The first-order chi connectivity index (χ1) is 4.98. The van der Waals surface area contributed by atoms with Gasteiger partial charge in [0.1, 0.15) is 0 Å². The molecule has 0 atom stereocenters. The Balaban J connectivity index is 3.54. The highest BCUT2D eigenvalue weighted by Gasteiger charge is 2.22. The second-order valence-electron chi connectivity index (χ2n) is 3.43. The molecule has 11 heavy (non-hydrogen) atoms. The average Bonchev–Trinajstić information content (AvgIpc) is 1.86. The van der Waals surface area contributed by atoms with Gasteiger partial charge in [-0.15, -0.1) is 0 Å². The Bertz CT molecular complexity index is 127. The summed E-state index contributed by atoms with van der Waals surface area (Å²) in [7, 11) is 0. The van der Waals surface area contributed by atoms with Crippen LogP contribution in [0.15, 0.2) is 0 Å². The number of ether oxygens (including phenoxy) is 1. The van der Waals surface area contributed by atoms with Crippen LogP contribution in [0.1, 0.15) is 27.2 Å². The van der Waals surface area contributed by atoms with Crippen LogP contribution >= 0.6 is 15.9 Å². The molecule has 0 bridgehead atoms. The summed E-state index contributed by atoms with van der Waals surface area (Å²) in [6.45, 7) is 6.07. The molecule has 66 valence electrons. The molecule has 0 fully saturated rings. The molecule has 0 aliphatic heterocycles. The predicted molar refractivity (Wildman–Crippen MR) is 48.8 cm³/mol. The lowest BCUT2D eigenvalue weighted by Gasteiger charge is -2.15. The van der Waals surface area contributed by atoms with Crippen LogP contribution < -0.4 is 0 Å². The van der Waals surface area contributed by atoms with Crippen LogP contribution in [-0.2, 0) is 9.53 Å². The molecule has 3 heteroatoms. The Hall–Kier alpha value is -0.0500. The van der Waals surface area contributed by atoms with Crippen LogP contribution in [0.4, 0.5) is 0 Å². The van der Waals surface area contributed by atoms with E-state index in [4.69, 9.17) is 4.74 Å². The Kier molecular flexibility index (Phi) is 4.73. The molecule has 0 saturated carbocycles. The summed E-state index contributed by atoms with van der Waals surface area (Å²) in [6, 6.07) is 0. The molecule has 2 nitrogen and oxygen atoms in total. The third-order valence-corrected chi connectivity index (χ3v) is 1.68. The highest BCUT2D eigenvalue weighted by Crippen LogP contribution is 2.14. The van der Waals surface area contributed by atoms with E-state index in [1.807, 2.05) is 20.8 Å². The third kappa shape index (κ3) is 5.24. The highest BCUT2D eigenvalue weighted by atomic mass is 79.9. The predicted octanol–water partition coefficient (Wildman–Crippen LogP) is 2.36. The SMILES string of the molecule is CC(C)(C)C(=O)OCCCBr. The summed E-state index contributed by atoms with van der Waals surface area (Å²) < 4.78 is 4.98. The number of hydrogen-bond donors (Lipinski definition) is 0. The minimum atomic E-state index is -0.369. The molecule has 0 aliphatic rings. The van der Waals surface area contributed by atoms with Gasteiger partial charge < -0.3 is 4.74 Å². The van der Waals surface area contributed by atoms with Gasteiger partial charge in [0, 0.05) is 5.33 Å². The molecule has 0 spiro atoms. The third-order valence-electron chi connectivity index (χ3n) is 1.12. The second kappa shape index (κ2) is 4.75. The summed E-state index contributed by atoms with van der Waals surface area (Å²) in [5, 5.41) is 0.879. The molecule has 0 rings (SSSR count). The van der Waals surface area contributed by atoms with E-state index >= 15 is 0 Å². The fourth-order valence-electron chi connectivity index (χ4n) is 0.436. The van der Waals surface area contributed by atoms with Crippen molar-refractivity contribution < 1.29 is 9.53 Å². The monoisotopic (exact) mass is 222 g/mol.